The summed E-state index contributed by atoms with van der Waals surface area (Å²) in [7, 11) is 0. The van der Waals surface area contributed by atoms with Crippen molar-refractivity contribution in [1.29, 1.82) is 0 Å². The summed E-state index contributed by atoms with van der Waals surface area (Å²) in [5.74, 6) is 0. The first-order valence-corrected chi connectivity index (χ1v) is 8.43. The number of aliphatic hydroxyl groups is 1. The van der Waals surface area contributed by atoms with Gasteiger partial charge in [-0.1, -0.05) is 37.3 Å². The molecule has 1 heterocycles. The molecule has 0 spiro atoms. The van der Waals surface area contributed by atoms with E-state index in [-0.39, 0.29) is 6.79 Å². The van der Waals surface area contributed by atoms with Gasteiger partial charge >= 0.3 is 0 Å². The molecule has 0 aliphatic heterocycles. The Morgan fingerprint density at radius 2 is 1.96 bits per heavy atom. The highest BCUT2D eigenvalue weighted by molar-refractivity contribution is 9.10. The summed E-state index contributed by atoms with van der Waals surface area (Å²) >= 11 is 3.35. The summed E-state index contributed by atoms with van der Waals surface area (Å²) < 4.78 is 12.1. The van der Waals surface area contributed by atoms with Gasteiger partial charge in [-0.3, -0.25) is 4.98 Å². The number of hydrogen-bond donors (Lipinski definition) is 1. The van der Waals surface area contributed by atoms with E-state index in [0.29, 0.717) is 18.7 Å². The molecule has 2 rings (SSSR count). The topological polar surface area (TPSA) is 51.6 Å². The summed E-state index contributed by atoms with van der Waals surface area (Å²) in [5, 5.41) is 10.9. The second-order valence-electron chi connectivity index (χ2n) is 5.40. The Morgan fingerprint density at radius 3 is 2.57 bits per heavy atom. The maximum absolute atomic E-state index is 10.9. The zero-order chi connectivity index (χ0) is 16.7. The number of ether oxygens (including phenoxy) is 2. The predicted octanol–water partition coefficient (Wildman–Crippen LogP) is 4.02. The molecule has 0 amide bonds. The molecule has 5 heteroatoms. The van der Waals surface area contributed by atoms with E-state index in [2.05, 4.69) is 20.9 Å². The lowest BCUT2D eigenvalue weighted by atomic mass is 9.90. The smallest absolute Gasteiger partial charge is 0.147 e. The minimum Gasteiger partial charge on any atom is -0.381 e. The van der Waals surface area contributed by atoms with Gasteiger partial charge < -0.3 is 14.6 Å². The molecule has 23 heavy (non-hydrogen) atoms. The van der Waals surface area contributed by atoms with Gasteiger partial charge in [0.2, 0.25) is 0 Å². The molecule has 2 aromatic rings. The Labute approximate surface area is 145 Å². The van der Waals surface area contributed by atoms with E-state index < -0.39 is 11.7 Å². The highest BCUT2D eigenvalue weighted by atomic mass is 79.9. The second-order valence-corrected chi connectivity index (χ2v) is 6.32. The summed E-state index contributed by atoms with van der Waals surface area (Å²) in [6.45, 7) is 4.34. The van der Waals surface area contributed by atoms with E-state index in [0.717, 1.165) is 10.0 Å². The average molecular weight is 380 g/mol. The standard InChI is InChI=1S/C18H22BrNO3/c1-3-18(21,17-10-9-16(19)11-20-17)14(2)23-13-22-12-15-7-5-4-6-8-15/h4-11,14,21H,3,12-13H2,1-2H3/t14-,18?/m0/s1. The molecule has 124 valence electrons. The van der Waals surface area contributed by atoms with E-state index in [1.54, 1.807) is 12.3 Å². The molecule has 0 fully saturated rings. The van der Waals surface area contributed by atoms with Crippen LogP contribution in [0.5, 0.6) is 0 Å². The van der Waals surface area contributed by atoms with Crippen molar-refractivity contribution < 1.29 is 14.6 Å². The van der Waals surface area contributed by atoms with Crippen LogP contribution in [-0.2, 0) is 21.7 Å². The van der Waals surface area contributed by atoms with Crippen LogP contribution < -0.4 is 0 Å². The van der Waals surface area contributed by atoms with Crippen LogP contribution in [-0.4, -0.2) is 23.0 Å². The fourth-order valence-corrected chi connectivity index (χ4v) is 2.57. The van der Waals surface area contributed by atoms with Crippen molar-refractivity contribution in [2.75, 3.05) is 6.79 Å². The molecular formula is C18H22BrNO3. The lowest BCUT2D eigenvalue weighted by Gasteiger charge is -2.32. The Hall–Kier alpha value is -1.27. The van der Waals surface area contributed by atoms with Crippen LogP contribution in [0.1, 0.15) is 31.5 Å². The summed E-state index contributed by atoms with van der Waals surface area (Å²) in [4.78, 5) is 4.30. The van der Waals surface area contributed by atoms with E-state index in [4.69, 9.17) is 9.47 Å². The van der Waals surface area contributed by atoms with Crippen molar-refractivity contribution in [3.63, 3.8) is 0 Å². The van der Waals surface area contributed by atoms with E-state index >= 15 is 0 Å². The van der Waals surface area contributed by atoms with Crippen molar-refractivity contribution in [3.8, 4) is 0 Å². The van der Waals surface area contributed by atoms with Crippen LogP contribution in [0.15, 0.2) is 53.1 Å². The lowest BCUT2D eigenvalue weighted by Crippen LogP contribution is -2.40. The molecular weight excluding hydrogens is 358 g/mol. The summed E-state index contributed by atoms with van der Waals surface area (Å²) in [5.41, 5.74) is 0.541. The zero-order valence-corrected chi connectivity index (χ0v) is 15.0. The number of halogens is 1. The maximum Gasteiger partial charge on any atom is 0.147 e. The summed E-state index contributed by atoms with van der Waals surface area (Å²) in [6.07, 6.45) is 1.74. The number of nitrogens with zero attached hydrogens (tertiary/aromatic N) is 1. The normalized spacial score (nSPS) is 15.1. The van der Waals surface area contributed by atoms with Crippen molar-refractivity contribution in [1.82, 2.24) is 4.98 Å². The van der Waals surface area contributed by atoms with Crippen molar-refractivity contribution in [2.24, 2.45) is 0 Å². The van der Waals surface area contributed by atoms with Crippen molar-refractivity contribution >= 4 is 15.9 Å². The fourth-order valence-electron chi connectivity index (χ4n) is 2.33. The molecule has 1 aromatic heterocycles. The Bertz CT molecular complexity index is 591. The molecule has 0 saturated heterocycles. The Kier molecular flexibility index (Phi) is 6.72. The highest BCUT2D eigenvalue weighted by Gasteiger charge is 2.36. The largest absolute Gasteiger partial charge is 0.381 e. The first-order valence-electron chi connectivity index (χ1n) is 7.64. The third-order valence-corrected chi connectivity index (χ3v) is 4.36. The quantitative estimate of drug-likeness (QED) is 0.555. The van der Waals surface area contributed by atoms with Crippen LogP contribution in [0.3, 0.4) is 0 Å². The number of hydrogen-bond acceptors (Lipinski definition) is 4. The van der Waals surface area contributed by atoms with Gasteiger partial charge in [0.1, 0.15) is 12.4 Å². The highest BCUT2D eigenvalue weighted by Crippen LogP contribution is 2.29. The van der Waals surface area contributed by atoms with Gasteiger partial charge in [0.15, 0.2) is 0 Å². The summed E-state index contributed by atoms with van der Waals surface area (Å²) in [6, 6.07) is 13.6. The van der Waals surface area contributed by atoms with Gasteiger partial charge in [-0.2, -0.15) is 0 Å². The zero-order valence-electron chi connectivity index (χ0n) is 13.4. The Balaban J connectivity index is 1.89. The number of rotatable bonds is 8. The van der Waals surface area contributed by atoms with Crippen LogP contribution in [0, 0.1) is 0 Å². The van der Waals surface area contributed by atoms with Crippen molar-refractivity contribution in [2.45, 2.75) is 38.6 Å². The molecule has 0 bridgehead atoms. The van der Waals surface area contributed by atoms with Crippen molar-refractivity contribution in [3.05, 3.63) is 64.4 Å². The van der Waals surface area contributed by atoms with E-state index in [9.17, 15) is 5.11 Å². The van der Waals surface area contributed by atoms with Crippen LogP contribution >= 0.6 is 15.9 Å². The van der Waals surface area contributed by atoms with E-state index in [1.165, 1.54) is 0 Å². The predicted molar refractivity (Wildman–Crippen MR) is 92.8 cm³/mol. The molecule has 1 unspecified atom stereocenters. The minimum absolute atomic E-state index is 0.120. The van der Waals surface area contributed by atoms with Gasteiger partial charge in [-0.15, -0.1) is 0 Å². The first kappa shape index (κ1) is 18.1. The third kappa shape index (κ3) is 4.85. The monoisotopic (exact) mass is 379 g/mol. The molecule has 1 aromatic carbocycles. The first-order chi connectivity index (χ1) is 11.1. The molecule has 1 N–H and O–H groups in total. The minimum atomic E-state index is -1.14. The number of aromatic nitrogens is 1. The molecule has 0 aliphatic rings. The van der Waals surface area contributed by atoms with E-state index in [1.807, 2.05) is 50.2 Å². The molecule has 4 nitrogen and oxygen atoms in total. The van der Waals surface area contributed by atoms with Crippen LogP contribution in [0.4, 0.5) is 0 Å². The number of pyridine rings is 1. The second kappa shape index (κ2) is 8.55. The van der Waals surface area contributed by atoms with Gasteiger partial charge in [-0.05, 0) is 47.0 Å². The van der Waals surface area contributed by atoms with Gasteiger partial charge in [0, 0.05) is 10.7 Å². The SMILES string of the molecule is CCC(O)(c1ccc(Br)cn1)[C@H](C)OCOCc1ccccc1. The molecule has 0 aliphatic carbocycles. The van der Waals surface area contributed by atoms with Gasteiger partial charge in [0.25, 0.3) is 0 Å². The maximum atomic E-state index is 10.9. The Morgan fingerprint density at radius 1 is 1.22 bits per heavy atom. The molecule has 2 atom stereocenters. The molecule has 0 radical (unpaired) electrons. The fraction of sp³-hybridized carbons (Fsp3) is 0.389. The number of benzene rings is 1. The van der Waals surface area contributed by atoms with Gasteiger partial charge in [-0.25, -0.2) is 0 Å². The average Bonchev–Trinajstić information content (AvgIpc) is 2.59. The van der Waals surface area contributed by atoms with Gasteiger partial charge in [0.05, 0.1) is 18.4 Å². The van der Waals surface area contributed by atoms with Crippen LogP contribution in [0.25, 0.3) is 0 Å². The van der Waals surface area contributed by atoms with Crippen LogP contribution in [0.2, 0.25) is 0 Å². The molecule has 0 saturated carbocycles. The third-order valence-electron chi connectivity index (χ3n) is 3.90. The lowest BCUT2D eigenvalue weighted by molar-refractivity contribution is -0.165.